The van der Waals surface area contributed by atoms with E-state index in [1.165, 1.54) is 5.75 Å². The van der Waals surface area contributed by atoms with Crippen molar-refractivity contribution in [2.24, 2.45) is 0 Å². The van der Waals surface area contributed by atoms with Crippen LogP contribution < -0.4 is 5.32 Å². The van der Waals surface area contributed by atoms with Crippen LogP contribution in [-0.2, 0) is 6.42 Å². The lowest BCUT2D eigenvalue weighted by atomic mass is 10.2. The van der Waals surface area contributed by atoms with Gasteiger partial charge in [0.15, 0.2) is 5.82 Å². The van der Waals surface area contributed by atoms with Crippen LogP contribution in [0.4, 0.5) is 0 Å². The number of thioether (sulfide) groups is 3. The average Bonchev–Trinajstić information content (AvgIpc) is 2.91. The van der Waals surface area contributed by atoms with Crippen molar-refractivity contribution in [3.05, 3.63) is 11.7 Å². The van der Waals surface area contributed by atoms with Crippen molar-refractivity contribution in [1.29, 1.82) is 0 Å². The smallest absolute Gasteiger partial charge is 0.228 e. The van der Waals surface area contributed by atoms with Crippen molar-refractivity contribution in [3.8, 4) is 0 Å². The molecular formula is C13H21N3OS3. The van der Waals surface area contributed by atoms with E-state index in [1.807, 2.05) is 35.3 Å². The fraction of sp³-hybridized carbons (Fsp3) is 0.846. The summed E-state index contributed by atoms with van der Waals surface area (Å²) in [6.07, 6.45) is 0.858. The molecule has 2 aliphatic heterocycles. The molecule has 3 rings (SSSR count). The van der Waals surface area contributed by atoms with Gasteiger partial charge in [-0.1, -0.05) is 19.0 Å². The molecule has 0 spiro atoms. The van der Waals surface area contributed by atoms with Gasteiger partial charge in [-0.2, -0.15) is 28.5 Å². The van der Waals surface area contributed by atoms with Crippen molar-refractivity contribution < 1.29 is 4.52 Å². The summed E-state index contributed by atoms with van der Waals surface area (Å²) in [4.78, 5) is 4.63. The Morgan fingerprint density at radius 3 is 2.95 bits per heavy atom. The molecule has 0 radical (unpaired) electrons. The molecule has 0 bridgehead atoms. The van der Waals surface area contributed by atoms with Crippen molar-refractivity contribution in [1.82, 2.24) is 15.5 Å². The largest absolute Gasteiger partial charge is 0.339 e. The molecule has 0 saturated carbocycles. The fourth-order valence-corrected chi connectivity index (χ4v) is 6.15. The molecule has 3 heterocycles. The molecule has 2 saturated heterocycles. The highest BCUT2D eigenvalue weighted by atomic mass is 32.2. The molecule has 4 unspecified atom stereocenters. The molecular weight excluding hydrogens is 310 g/mol. The third-order valence-electron chi connectivity index (χ3n) is 3.74. The summed E-state index contributed by atoms with van der Waals surface area (Å²) in [6.45, 7) is 5.67. The van der Waals surface area contributed by atoms with Gasteiger partial charge in [-0.25, -0.2) is 0 Å². The molecule has 1 N–H and O–H groups in total. The van der Waals surface area contributed by atoms with Gasteiger partial charge in [0.05, 0.1) is 5.25 Å². The van der Waals surface area contributed by atoms with Gasteiger partial charge in [-0.05, 0) is 0 Å². The quantitative estimate of drug-likeness (QED) is 0.913. The highest BCUT2D eigenvalue weighted by Crippen LogP contribution is 2.43. The van der Waals surface area contributed by atoms with Gasteiger partial charge in [0.25, 0.3) is 0 Å². The Bertz CT molecular complexity index is 436. The maximum atomic E-state index is 5.45. The van der Waals surface area contributed by atoms with E-state index in [9.17, 15) is 0 Å². The third kappa shape index (κ3) is 3.67. The van der Waals surface area contributed by atoms with E-state index >= 15 is 0 Å². The van der Waals surface area contributed by atoms with Gasteiger partial charge < -0.3 is 9.84 Å². The number of hydrogen-bond acceptors (Lipinski definition) is 7. The van der Waals surface area contributed by atoms with Crippen molar-refractivity contribution in [3.63, 3.8) is 0 Å². The zero-order valence-corrected chi connectivity index (χ0v) is 14.3. The lowest BCUT2D eigenvalue weighted by molar-refractivity contribution is 0.358. The minimum atomic E-state index is 0.386. The van der Waals surface area contributed by atoms with E-state index < -0.39 is 0 Å². The minimum Gasteiger partial charge on any atom is -0.339 e. The summed E-state index contributed by atoms with van der Waals surface area (Å²) < 4.78 is 5.45. The number of nitrogens with zero attached hydrogens (tertiary/aromatic N) is 2. The summed E-state index contributed by atoms with van der Waals surface area (Å²) >= 11 is 6.00. The second-order valence-corrected chi connectivity index (χ2v) is 9.49. The van der Waals surface area contributed by atoms with E-state index in [0.29, 0.717) is 21.8 Å². The topological polar surface area (TPSA) is 51.0 Å². The Kier molecular flexibility index (Phi) is 5.23. The number of aromatic nitrogens is 2. The fourth-order valence-electron chi connectivity index (χ4n) is 2.36. The normalized spacial score (nSPS) is 35.1. The Morgan fingerprint density at radius 1 is 1.30 bits per heavy atom. The highest BCUT2D eigenvalue weighted by molar-refractivity contribution is 8.07. The second kappa shape index (κ2) is 6.94. The molecule has 0 amide bonds. The number of nitrogens with one attached hydrogen (secondary N) is 1. The van der Waals surface area contributed by atoms with E-state index in [-0.39, 0.29) is 0 Å². The van der Waals surface area contributed by atoms with Gasteiger partial charge in [0.1, 0.15) is 0 Å². The Hall–Kier alpha value is 0.150. The van der Waals surface area contributed by atoms with Gasteiger partial charge in [0, 0.05) is 46.8 Å². The summed E-state index contributed by atoms with van der Waals surface area (Å²) in [6, 6.07) is 0.481. The molecule has 7 heteroatoms. The van der Waals surface area contributed by atoms with Gasteiger partial charge in [0.2, 0.25) is 5.89 Å². The van der Waals surface area contributed by atoms with Crippen LogP contribution >= 0.6 is 35.3 Å². The Balaban J connectivity index is 1.58. The predicted molar refractivity (Wildman–Crippen MR) is 88.8 cm³/mol. The van der Waals surface area contributed by atoms with Crippen molar-refractivity contribution in [2.45, 2.75) is 42.1 Å². The van der Waals surface area contributed by atoms with Gasteiger partial charge in [-0.15, -0.1) is 11.8 Å². The Labute approximate surface area is 133 Å². The predicted octanol–water partition coefficient (Wildman–Crippen LogP) is 2.62. The van der Waals surface area contributed by atoms with Crippen molar-refractivity contribution in [2.75, 3.05) is 23.8 Å². The third-order valence-corrected chi connectivity index (χ3v) is 8.26. The first-order chi connectivity index (χ1) is 9.72. The minimum absolute atomic E-state index is 0.386. The van der Waals surface area contributed by atoms with Crippen LogP contribution in [0.5, 0.6) is 0 Å². The first-order valence-electron chi connectivity index (χ1n) is 7.13. The lowest BCUT2D eigenvalue weighted by Gasteiger charge is -2.29. The lowest BCUT2D eigenvalue weighted by Crippen LogP contribution is -2.38. The van der Waals surface area contributed by atoms with E-state index in [0.717, 1.165) is 36.2 Å². The highest BCUT2D eigenvalue weighted by Gasteiger charge is 2.30. The van der Waals surface area contributed by atoms with Crippen LogP contribution in [0.2, 0.25) is 0 Å². The molecule has 0 aliphatic carbocycles. The zero-order chi connectivity index (χ0) is 13.9. The molecule has 0 aromatic carbocycles. The Morgan fingerprint density at radius 2 is 2.20 bits per heavy atom. The van der Waals surface area contributed by atoms with Crippen LogP contribution in [0.3, 0.4) is 0 Å². The molecule has 20 heavy (non-hydrogen) atoms. The van der Waals surface area contributed by atoms with Crippen LogP contribution in [0, 0.1) is 0 Å². The van der Waals surface area contributed by atoms with Crippen LogP contribution in [0.15, 0.2) is 4.52 Å². The maximum Gasteiger partial charge on any atom is 0.228 e. The van der Waals surface area contributed by atoms with Gasteiger partial charge >= 0.3 is 0 Å². The maximum absolute atomic E-state index is 5.45. The molecule has 112 valence electrons. The van der Waals surface area contributed by atoms with E-state index in [1.54, 1.807) is 0 Å². The van der Waals surface area contributed by atoms with Crippen LogP contribution in [0.1, 0.15) is 30.8 Å². The first kappa shape index (κ1) is 15.1. The van der Waals surface area contributed by atoms with E-state index in [2.05, 4.69) is 29.3 Å². The molecule has 4 nitrogen and oxygen atoms in total. The number of rotatable bonds is 3. The summed E-state index contributed by atoms with van der Waals surface area (Å²) in [7, 11) is 0. The van der Waals surface area contributed by atoms with Gasteiger partial charge in [-0.3, -0.25) is 0 Å². The summed E-state index contributed by atoms with van der Waals surface area (Å²) in [5.74, 6) is 5.11. The summed E-state index contributed by atoms with van der Waals surface area (Å²) in [5.41, 5.74) is 0. The molecule has 2 aliphatic rings. The monoisotopic (exact) mass is 331 g/mol. The van der Waals surface area contributed by atoms with Crippen LogP contribution in [-0.4, -0.2) is 50.5 Å². The second-order valence-electron chi connectivity index (χ2n) is 5.34. The number of hydrogen-bond donors (Lipinski definition) is 1. The zero-order valence-electron chi connectivity index (χ0n) is 11.9. The van der Waals surface area contributed by atoms with Crippen LogP contribution in [0.25, 0.3) is 0 Å². The average molecular weight is 332 g/mol. The SMILES string of the molecule is CC1SCC(c2noc(CC3CSCCN3)n2)SC1C. The standard InChI is InChI=1S/C13H21N3OS3/c1-8-9(2)20-11(7-19-8)13-15-12(17-16-13)5-10-6-18-4-3-14-10/h8-11,14H,3-7H2,1-2H3. The van der Waals surface area contributed by atoms with Crippen molar-refractivity contribution >= 4 is 35.3 Å². The van der Waals surface area contributed by atoms with E-state index in [4.69, 9.17) is 4.52 Å². The summed E-state index contributed by atoms with van der Waals surface area (Å²) in [5, 5.41) is 9.47. The first-order valence-corrected chi connectivity index (χ1v) is 10.3. The molecule has 1 aromatic heterocycles. The molecule has 1 aromatic rings. The molecule has 2 fully saturated rings. The molecule has 4 atom stereocenters.